The molecule has 2 aromatic heterocycles. The molecule has 0 atom stereocenters. The number of fused-ring (bicyclic) bond motifs is 1. The number of ether oxygens (including phenoxy) is 1. The minimum absolute atomic E-state index is 0.0426. The van der Waals surface area contributed by atoms with Crippen molar-refractivity contribution in [3.8, 4) is 5.88 Å². The van der Waals surface area contributed by atoms with Gasteiger partial charge in [0.1, 0.15) is 5.69 Å². The molecule has 0 bridgehead atoms. The highest BCUT2D eigenvalue weighted by molar-refractivity contribution is 5.78. The lowest BCUT2D eigenvalue weighted by molar-refractivity contribution is 0.232. The van der Waals surface area contributed by atoms with Crippen LogP contribution in [-0.2, 0) is 0 Å². The summed E-state index contributed by atoms with van der Waals surface area (Å²) < 4.78 is 5.80. The molecule has 0 aliphatic carbocycles. The zero-order chi connectivity index (χ0) is 15.4. The summed E-state index contributed by atoms with van der Waals surface area (Å²) in [6.07, 6.45) is 7.46. The predicted molar refractivity (Wildman–Crippen MR) is 88.5 cm³/mol. The molecule has 0 N–H and O–H groups in total. The summed E-state index contributed by atoms with van der Waals surface area (Å²) in [4.78, 5) is 13.3. The summed E-state index contributed by atoms with van der Waals surface area (Å²) in [6.45, 7) is 3.96. The van der Waals surface area contributed by atoms with Crippen molar-refractivity contribution in [2.45, 2.75) is 20.0 Å². The number of rotatable bonds is 4. The van der Waals surface area contributed by atoms with Crippen LogP contribution in [-0.4, -0.2) is 21.1 Å². The number of aromatic nitrogens is 3. The van der Waals surface area contributed by atoms with E-state index in [9.17, 15) is 0 Å². The summed E-state index contributed by atoms with van der Waals surface area (Å²) >= 11 is 0. The van der Waals surface area contributed by atoms with Crippen molar-refractivity contribution in [2.75, 3.05) is 0 Å². The highest BCUT2D eigenvalue weighted by Gasteiger charge is 2.09. The summed E-state index contributed by atoms with van der Waals surface area (Å²) in [5.74, 6) is 0.550. The maximum Gasteiger partial charge on any atom is 0.240 e. The second-order valence-electron chi connectivity index (χ2n) is 5.19. The molecule has 4 nitrogen and oxygen atoms in total. The van der Waals surface area contributed by atoms with Crippen molar-refractivity contribution in [1.29, 1.82) is 0 Å². The first-order valence-corrected chi connectivity index (χ1v) is 7.24. The molecule has 3 rings (SSSR count). The molecule has 0 saturated heterocycles. The minimum atomic E-state index is 0.0426. The van der Waals surface area contributed by atoms with Crippen molar-refractivity contribution in [2.24, 2.45) is 0 Å². The second kappa shape index (κ2) is 6.35. The lowest BCUT2D eigenvalue weighted by Gasteiger charge is -2.11. The monoisotopic (exact) mass is 291 g/mol. The van der Waals surface area contributed by atoms with E-state index in [1.165, 1.54) is 0 Å². The molecule has 0 saturated carbocycles. The fraction of sp³-hybridized carbons (Fsp3) is 0.167. The molecule has 0 spiro atoms. The van der Waals surface area contributed by atoms with E-state index in [4.69, 9.17) is 4.74 Å². The first kappa shape index (κ1) is 14.2. The maximum absolute atomic E-state index is 5.80. The molecular formula is C18H17N3O. The first-order valence-electron chi connectivity index (χ1n) is 7.24. The molecular weight excluding hydrogens is 274 g/mol. The quantitative estimate of drug-likeness (QED) is 0.729. The number of nitrogens with zero attached hydrogens (tertiary/aromatic N) is 3. The Bertz CT molecular complexity index is 798. The van der Waals surface area contributed by atoms with E-state index in [0.717, 1.165) is 22.3 Å². The van der Waals surface area contributed by atoms with Gasteiger partial charge in [-0.15, -0.1) is 0 Å². The molecule has 0 fully saturated rings. The van der Waals surface area contributed by atoms with Crippen LogP contribution in [0.25, 0.3) is 23.2 Å². The van der Waals surface area contributed by atoms with Gasteiger partial charge in [-0.3, -0.25) is 4.98 Å². The Balaban J connectivity index is 2.03. The fourth-order valence-electron chi connectivity index (χ4n) is 2.07. The van der Waals surface area contributed by atoms with E-state index >= 15 is 0 Å². The molecule has 2 heterocycles. The number of para-hydroxylation sites is 2. The van der Waals surface area contributed by atoms with Crippen LogP contribution >= 0.6 is 0 Å². The van der Waals surface area contributed by atoms with Gasteiger partial charge in [0.05, 0.1) is 17.1 Å². The van der Waals surface area contributed by atoms with Crippen LogP contribution in [0.5, 0.6) is 5.88 Å². The zero-order valence-corrected chi connectivity index (χ0v) is 12.6. The van der Waals surface area contributed by atoms with E-state index in [1.54, 1.807) is 12.4 Å². The average molecular weight is 291 g/mol. The maximum atomic E-state index is 5.80. The van der Waals surface area contributed by atoms with Crippen molar-refractivity contribution < 1.29 is 4.74 Å². The topological polar surface area (TPSA) is 47.9 Å². The lowest BCUT2D eigenvalue weighted by Crippen LogP contribution is -2.09. The Labute approximate surface area is 129 Å². The highest BCUT2D eigenvalue weighted by Crippen LogP contribution is 2.22. The molecule has 0 aliphatic heterocycles. The molecule has 22 heavy (non-hydrogen) atoms. The van der Waals surface area contributed by atoms with E-state index in [2.05, 4.69) is 15.0 Å². The van der Waals surface area contributed by atoms with Crippen LogP contribution in [0.2, 0.25) is 0 Å². The molecule has 0 radical (unpaired) electrons. The Morgan fingerprint density at radius 1 is 0.955 bits per heavy atom. The van der Waals surface area contributed by atoms with Gasteiger partial charge in [-0.2, -0.15) is 0 Å². The van der Waals surface area contributed by atoms with Crippen LogP contribution in [0.3, 0.4) is 0 Å². The number of pyridine rings is 1. The van der Waals surface area contributed by atoms with E-state index in [-0.39, 0.29) is 6.10 Å². The summed E-state index contributed by atoms with van der Waals surface area (Å²) in [5, 5.41) is 0. The third kappa shape index (κ3) is 3.28. The van der Waals surface area contributed by atoms with Gasteiger partial charge in [0.25, 0.3) is 0 Å². The molecule has 110 valence electrons. The molecule has 0 aliphatic rings. The third-order valence-electron chi connectivity index (χ3n) is 3.03. The van der Waals surface area contributed by atoms with Crippen molar-refractivity contribution in [3.05, 3.63) is 60.0 Å². The van der Waals surface area contributed by atoms with Crippen LogP contribution in [0.15, 0.2) is 48.8 Å². The number of hydrogen-bond donors (Lipinski definition) is 0. The Morgan fingerprint density at radius 2 is 1.73 bits per heavy atom. The van der Waals surface area contributed by atoms with Crippen LogP contribution in [0, 0.1) is 0 Å². The largest absolute Gasteiger partial charge is 0.473 e. The van der Waals surface area contributed by atoms with Gasteiger partial charge in [0.15, 0.2) is 0 Å². The van der Waals surface area contributed by atoms with Crippen LogP contribution in [0.1, 0.15) is 25.1 Å². The van der Waals surface area contributed by atoms with Gasteiger partial charge in [-0.1, -0.05) is 24.3 Å². The summed E-state index contributed by atoms with van der Waals surface area (Å²) in [6, 6.07) is 11.7. The van der Waals surface area contributed by atoms with E-state index < -0.39 is 0 Å². The molecule has 3 aromatic rings. The minimum Gasteiger partial charge on any atom is -0.473 e. The highest BCUT2D eigenvalue weighted by atomic mass is 16.5. The van der Waals surface area contributed by atoms with Crippen LogP contribution in [0.4, 0.5) is 0 Å². The van der Waals surface area contributed by atoms with E-state index in [0.29, 0.717) is 5.88 Å². The number of hydrogen-bond acceptors (Lipinski definition) is 4. The van der Waals surface area contributed by atoms with Gasteiger partial charge in [0.2, 0.25) is 5.88 Å². The first-order chi connectivity index (χ1) is 10.7. The van der Waals surface area contributed by atoms with E-state index in [1.807, 2.05) is 62.4 Å². The van der Waals surface area contributed by atoms with Gasteiger partial charge >= 0.3 is 0 Å². The molecule has 0 unspecified atom stereocenters. The van der Waals surface area contributed by atoms with Crippen molar-refractivity contribution in [1.82, 2.24) is 15.0 Å². The smallest absolute Gasteiger partial charge is 0.240 e. The average Bonchev–Trinajstić information content (AvgIpc) is 2.53. The van der Waals surface area contributed by atoms with Gasteiger partial charge in [0, 0.05) is 12.4 Å². The van der Waals surface area contributed by atoms with Crippen LogP contribution < -0.4 is 4.74 Å². The molecule has 1 aromatic carbocycles. The molecule has 4 heteroatoms. The van der Waals surface area contributed by atoms with Gasteiger partial charge in [-0.25, -0.2) is 9.97 Å². The summed E-state index contributed by atoms with van der Waals surface area (Å²) in [5.41, 5.74) is 3.41. The summed E-state index contributed by atoms with van der Waals surface area (Å²) in [7, 11) is 0. The van der Waals surface area contributed by atoms with Crippen molar-refractivity contribution >= 4 is 23.2 Å². The Kier molecular flexibility index (Phi) is 4.10. The zero-order valence-electron chi connectivity index (χ0n) is 12.6. The predicted octanol–water partition coefficient (Wildman–Crippen LogP) is 3.98. The normalized spacial score (nSPS) is 11.4. The second-order valence-corrected chi connectivity index (χ2v) is 5.19. The lowest BCUT2D eigenvalue weighted by atomic mass is 10.2. The SMILES string of the molecule is CC(C)Oc1nc2ccccc2nc1/C=C/c1cccnc1. The number of benzene rings is 1. The Morgan fingerprint density at radius 3 is 2.41 bits per heavy atom. The van der Waals surface area contributed by atoms with Crippen molar-refractivity contribution in [3.63, 3.8) is 0 Å². The fourth-order valence-corrected chi connectivity index (χ4v) is 2.07. The van der Waals surface area contributed by atoms with Gasteiger partial charge < -0.3 is 4.74 Å². The van der Waals surface area contributed by atoms with Gasteiger partial charge in [-0.05, 0) is 43.7 Å². The standard InChI is InChI=1S/C18H17N3O/c1-13(2)22-18-17(10-9-14-6-5-11-19-12-14)20-15-7-3-4-8-16(15)21-18/h3-13H,1-2H3/b10-9+. The molecule has 0 amide bonds. The Hall–Kier alpha value is -2.75. The third-order valence-corrected chi connectivity index (χ3v) is 3.03.